The molecule has 0 saturated carbocycles. The average Bonchev–Trinajstić information content (AvgIpc) is 2.57. The number of esters is 2. The van der Waals surface area contributed by atoms with Crippen molar-refractivity contribution in [1.82, 2.24) is 0 Å². The summed E-state index contributed by atoms with van der Waals surface area (Å²) in [7, 11) is -5.64. The van der Waals surface area contributed by atoms with Crippen LogP contribution < -0.4 is 29.6 Å². The van der Waals surface area contributed by atoms with Crippen LogP contribution in [0, 0.1) is 0 Å². The van der Waals surface area contributed by atoms with Gasteiger partial charge in [0.15, 0.2) is 5.25 Å². The molecule has 7 nitrogen and oxygen atoms in total. The fourth-order valence-electron chi connectivity index (χ4n) is 1.84. The number of halogens is 10. The van der Waals surface area contributed by atoms with Crippen LogP contribution >= 0.6 is 0 Å². The number of rotatable bonds is 12. The molecular formula is C14H15F10NaO7S. The Bertz CT molecular complexity index is 752. The van der Waals surface area contributed by atoms with E-state index in [4.69, 9.17) is 0 Å². The maximum absolute atomic E-state index is 12.7. The largest absolute Gasteiger partial charge is 1.00 e. The Hall–Kier alpha value is -0.850. The Morgan fingerprint density at radius 2 is 1.12 bits per heavy atom. The predicted molar refractivity (Wildman–Crippen MR) is 80.5 cm³/mol. The molecule has 0 aromatic heterocycles. The molecule has 19 heteroatoms. The molecule has 0 saturated heterocycles. The second-order valence-corrected chi connectivity index (χ2v) is 7.74. The smallest absolute Gasteiger partial charge is 0.747 e. The molecule has 0 amide bonds. The van der Waals surface area contributed by atoms with Gasteiger partial charge in [-0.2, -0.15) is 43.9 Å². The number of hydrogen-bond acceptors (Lipinski definition) is 7. The summed E-state index contributed by atoms with van der Waals surface area (Å²) in [6.07, 6.45) is -19.1. The number of hydrogen-bond donors (Lipinski definition) is 0. The van der Waals surface area contributed by atoms with E-state index in [2.05, 4.69) is 9.47 Å². The molecular weight excluding hydrogens is 525 g/mol. The van der Waals surface area contributed by atoms with Gasteiger partial charge in [0.1, 0.15) is 10.1 Å². The van der Waals surface area contributed by atoms with E-state index in [1.807, 2.05) is 0 Å². The summed E-state index contributed by atoms with van der Waals surface area (Å²) in [5.74, 6) is -13.9. The molecule has 0 bridgehead atoms. The second-order valence-electron chi connectivity index (χ2n) is 6.19. The van der Waals surface area contributed by atoms with Gasteiger partial charge in [0, 0.05) is 12.8 Å². The molecule has 0 heterocycles. The summed E-state index contributed by atoms with van der Waals surface area (Å²) in [6.45, 7) is -2.25. The van der Waals surface area contributed by atoms with Crippen LogP contribution in [0.4, 0.5) is 43.9 Å². The van der Waals surface area contributed by atoms with Gasteiger partial charge in [0.25, 0.3) is 0 Å². The monoisotopic (exact) mass is 540 g/mol. The van der Waals surface area contributed by atoms with Crippen LogP contribution in [-0.4, -0.2) is 67.6 Å². The van der Waals surface area contributed by atoms with Crippen molar-refractivity contribution in [3.63, 3.8) is 0 Å². The standard InChI is InChI=1S/C14H16F10O7S.Na/c15-11(16,13(19,20)21)3-1-5-30-9(25)7-8(32(27,28)29)10(26)31-6-2-4-12(17,18)14(22,23)24;/h8H,1-7H2,(H,27,28,29);/q;+1/p-1. The van der Waals surface area contributed by atoms with Crippen molar-refractivity contribution < 1.29 is 105 Å². The Balaban J connectivity index is 0. The van der Waals surface area contributed by atoms with Crippen LogP contribution in [-0.2, 0) is 29.2 Å². The maximum Gasteiger partial charge on any atom is 1.00 e. The second kappa shape index (κ2) is 12.7. The van der Waals surface area contributed by atoms with Gasteiger partial charge in [-0.1, -0.05) is 0 Å². The van der Waals surface area contributed by atoms with Crippen LogP contribution in [0.2, 0.25) is 0 Å². The first-order valence-corrected chi connectivity index (χ1v) is 9.75. The molecule has 0 fully saturated rings. The molecule has 0 aliphatic heterocycles. The molecule has 0 aromatic rings. The number of ether oxygens (including phenoxy) is 2. The van der Waals surface area contributed by atoms with E-state index < -0.39 is 96.8 Å². The minimum Gasteiger partial charge on any atom is -0.747 e. The van der Waals surface area contributed by atoms with Gasteiger partial charge in [0.2, 0.25) is 0 Å². The summed E-state index contributed by atoms with van der Waals surface area (Å²) >= 11 is 0. The van der Waals surface area contributed by atoms with Crippen molar-refractivity contribution in [2.24, 2.45) is 0 Å². The third-order valence-electron chi connectivity index (χ3n) is 3.57. The van der Waals surface area contributed by atoms with Gasteiger partial charge >= 0.3 is 65.7 Å². The Kier molecular flexibility index (Phi) is 13.2. The molecule has 190 valence electrons. The van der Waals surface area contributed by atoms with E-state index in [0.717, 1.165) is 0 Å². The summed E-state index contributed by atoms with van der Waals surface area (Å²) < 4.78 is 164. The van der Waals surface area contributed by atoms with Gasteiger partial charge < -0.3 is 14.0 Å². The third-order valence-corrected chi connectivity index (χ3v) is 4.63. The molecule has 1 atom stereocenters. The summed E-state index contributed by atoms with van der Waals surface area (Å²) in [5, 5.41) is -2.82. The SMILES string of the molecule is O=C(CC(C(=O)OCCCC(F)(F)C(F)(F)F)S(=O)(=O)[O-])OCCCC(F)(F)C(F)(F)F.[Na+]. The molecule has 0 aliphatic rings. The zero-order valence-corrected chi connectivity index (χ0v) is 19.4. The van der Waals surface area contributed by atoms with Crippen molar-refractivity contribution in [1.29, 1.82) is 0 Å². The Morgan fingerprint density at radius 1 is 0.758 bits per heavy atom. The number of alkyl halides is 10. The van der Waals surface area contributed by atoms with Crippen molar-refractivity contribution in [3.8, 4) is 0 Å². The normalized spacial score (nSPS) is 14.3. The van der Waals surface area contributed by atoms with E-state index in [-0.39, 0.29) is 29.6 Å². The van der Waals surface area contributed by atoms with E-state index in [1.165, 1.54) is 0 Å². The maximum atomic E-state index is 12.7. The van der Waals surface area contributed by atoms with Crippen LogP contribution in [0.3, 0.4) is 0 Å². The molecule has 0 aromatic carbocycles. The van der Waals surface area contributed by atoms with Crippen LogP contribution in [0.1, 0.15) is 32.1 Å². The fraction of sp³-hybridized carbons (Fsp3) is 0.857. The molecule has 0 rings (SSSR count). The van der Waals surface area contributed by atoms with Gasteiger partial charge in [-0.3, -0.25) is 9.59 Å². The van der Waals surface area contributed by atoms with Crippen molar-refractivity contribution in [2.75, 3.05) is 13.2 Å². The third kappa shape index (κ3) is 11.9. The molecule has 33 heavy (non-hydrogen) atoms. The first-order chi connectivity index (χ1) is 14.1. The minimum absolute atomic E-state index is 0. The zero-order valence-electron chi connectivity index (χ0n) is 16.6. The van der Waals surface area contributed by atoms with Crippen molar-refractivity contribution in [2.45, 2.75) is 61.6 Å². The van der Waals surface area contributed by atoms with Gasteiger partial charge in [-0.05, 0) is 12.8 Å². The summed E-state index contributed by atoms with van der Waals surface area (Å²) in [4.78, 5) is 23.0. The minimum atomic E-state index is -5.90. The van der Waals surface area contributed by atoms with E-state index in [9.17, 15) is 66.5 Å². The molecule has 0 spiro atoms. The Morgan fingerprint density at radius 3 is 1.45 bits per heavy atom. The quantitative estimate of drug-likeness (QED) is 0.116. The molecule has 0 aliphatic carbocycles. The topological polar surface area (TPSA) is 110 Å². The Labute approximate surface area is 202 Å². The van der Waals surface area contributed by atoms with Crippen molar-refractivity contribution in [3.05, 3.63) is 0 Å². The first kappa shape index (κ1) is 34.3. The molecule has 0 radical (unpaired) electrons. The van der Waals surface area contributed by atoms with E-state index in [0.29, 0.717) is 0 Å². The predicted octanol–water partition coefficient (Wildman–Crippen LogP) is 0.336. The van der Waals surface area contributed by atoms with E-state index in [1.54, 1.807) is 0 Å². The van der Waals surface area contributed by atoms with Crippen molar-refractivity contribution >= 4 is 22.1 Å². The van der Waals surface area contributed by atoms with E-state index >= 15 is 0 Å². The average molecular weight is 540 g/mol. The van der Waals surface area contributed by atoms with Crippen LogP contribution in [0.25, 0.3) is 0 Å². The van der Waals surface area contributed by atoms with Gasteiger partial charge in [-0.25, -0.2) is 8.42 Å². The molecule has 1 unspecified atom stereocenters. The van der Waals surface area contributed by atoms with Crippen LogP contribution in [0.5, 0.6) is 0 Å². The summed E-state index contributed by atoms with van der Waals surface area (Å²) in [5.41, 5.74) is 0. The molecule has 0 N–H and O–H groups in total. The zero-order chi connectivity index (χ0) is 25.6. The number of carbonyl (C=O) groups excluding carboxylic acids is 2. The van der Waals surface area contributed by atoms with Crippen LogP contribution in [0.15, 0.2) is 0 Å². The van der Waals surface area contributed by atoms with Gasteiger partial charge in [0.05, 0.1) is 19.6 Å². The van der Waals surface area contributed by atoms with Gasteiger partial charge in [-0.15, -0.1) is 0 Å². The first-order valence-electron chi connectivity index (χ1n) is 8.28. The number of carbonyl (C=O) groups is 2. The fourth-order valence-corrected chi connectivity index (χ4v) is 2.48. The summed E-state index contributed by atoms with van der Waals surface area (Å²) in [6, 6.07) is 0.